The Bertz CT molecular complexity index is 1530. The Morgan fingerprint density at radius 3 is 1.48 bits per heavy atom. The van der Waals surface area contributed by atoms with Gasteiger partial charge in [-0.05, 0) is 70.5 Å². The zero-order chi connectivity index (χ0) is 20.8. The number of benzene rings is 6. The number of halogens is 1. The molecule has 6 rings (SSSR count). The van der Waals surface area contributed by atoms with E-state index in [1.807, 2.05) is 0 Å². The second kappa shape index (κ2) is 7.37. The summed E-state index contributed by atoms with van der Waals surface area (Å²) in [5, 5.41) is 7.55. The average molecular weight is 459 g/mol. The van der Waals surface area contributed by atoms with Crippen molar-refractivity contribution in [3.8, 4) is 22.3 Å². The van der Waals surface area contributed by atoms with E-state index in [-0.39, 0.29) is 0 Å². The average Bonchev–Trinajstić information content (AvgIpc) is 2.84. The first-order valence-electron chi connectivity index (χ1n) is 10.5. The van der Waals surface area contributed by atoms with Gasteiger partial charge in [-0.25, -0.2) is 0 Å². The maximum Gasteiger partial charge on any atom is 0.0332 e. The van der Waals surface area contributed by atoms with Crippen molar-refractivity contribution in [2.75, 3.05) is 0 Å². The molecule has 0 aliphatic rings. The fourth-order valence-electron chi connectivity index (χ4n) is 4.76. The van der Waals surface area contributed by atoms with Gasteiger partial charge in [-0.1, -0.05) is 115 Å². The van der Waals surface area contributed by atoms with Gasteiger partial charge in [-0.3, -0.25) is 0 Å². The van der Waals surface area contributed by atoms with Crippen LogP contribution in [0, 0.1) is 0 Å². The van der Waals surface area contributed by atoms with Gasteiger partial charge in [-0.2, -0.15) is 0 Å². The van der Waals surface area contributed by atoms with E-state index in [2.05, 4.69) is 131 Å². The molecule has 0 N–H and O–H groups in total. The predicted molar refractivity (Wildman–Crippen MR) is 138 cm³/mol. The third-order valence-corrected chi connectivity index (χ3v) is 7.00. The van der Waals surface area contributed by atoms with E-state index in [0.717, 1.165) is 4.47 Å². The van der Waals surface area contributed by atoms with Gasteiger partial charge in [0.05, 0.1) is 0 Å². The van der Waals surface area contributed by atoms with Crippen LogP contribution < -0.4 is 0 Å². The van der Waals surface area contributed by atoms with E-state index in [1.165, 1.54) is 54.6 Å². The van der Waals surface area contributed by atoms with Crippen LogP contribution in [-0.4, -0.2) is 0 Å². The molecule has 6 aromatic rings. The Labute approximate surface area is 189 Å². The molecule has 0 amide bonds. The first-order valence-corrected chi connectivity index (χ1v) is 11.3. The molecular formula is C30H19Br. The van der Waals surface area contributed by atoms with E-state index in [1.54, 1.807) is 0 Å². The predicted octanol–water partition coefficient (Wildman–Crippen LogP) is 9.24. The van der Waals surface area contributed by atoms with Crippen LogP contribution in [0.25, 0.3) is 54.6 Å². The van der Waals surface area contributed by atoms with Crippen LogP contribution in [-0.2, 0) is 0 Å². The first kappa shape index (κ1) is 18.4. The van der Waals surface area contributed by atoms with Crippen molar-refractivity contribution in [1.29, 1.82) is 0 Å². The quantitative estimate of drug-likeness (QED) is 0.226. The van der Waals surface area contributed by atoms with E-state index in [0.29, 0.717) is 0 Å². The number of hydrogen-bond acceptors (Lipinski definition) is 0. The summed E-state index contributed by atoms with van der Waals surface area (Å²) < 4.78 is 1.16. The van der Waals surface area contributed by atoms with E-state index in [9.17, 15) is 0 Å². The zero-order valence-corrected chi connectivity index (χ0v) is 18.4. The summed E-state index contributed by atoms with van der Waals surface area (Å²) in [5.74, 6) is 0. The van der Waals surface area contributed by atoms with Crippen molar-refractivity contribution in [1.82, 2.24) is 0 Å². The van der Waals surface area contributed by atoms with E-state index < -0.39 is 0 Å². The molecule has 0 spiro atoms. The van der Waals surface area contributed by atoms with Crippen LogP contribution >= 0.6 is 15.9 Å². The zero-order valence-electron chi connectivity index (χ0n) is 16.8. The molecule has 31 heavy (non-hydrogen) atoms. The summed E-state index contributed by atoms with van der Waals surface area (Å²) in [7, 11) is 0. The summed E-state index contributed by atoms with van der Waals surface area (Å²) >= 11 is 3.89. The minimum absolute atomic E-state index is 1.16. The van der Waals surface area contributed by atoms with Crippen LogP contribution in [0.4, 0.5) is 0 Å². The van der Waals surface area contributed by atoms with E-state index >= 15 is 0 Å². The summed E-state index contributed by atoms with van der Waals surface area (Å²) in [6, 6.07) is 41.4. The smallest absolute Gasteiger partial charge is 0.0332 e. The summed E-state index contributed by atoms with van der Waals surface area (Å²) in [5.41, 5.74) is 5.08. The molecule has 146 valence electrons. The molecule has 0 aromatic heterocycles. The number of hydrogen-bond donors (Lipinski definition) is 0. The highest BCUT2D eigenvalue weighted by Gasteiger charge is 2.17. The molecule has 0 atom stereocenters. The first-order chi connectivity index (χ1) is 15.3. The standard InChI is InChI=1S/C30H19Br/c31-30-27-17-7-5-15-25(27)29(26-16-6-8-18-28(26)30)24-14-4-3-13-23(24)22-19-9-11-20-10-1-2-12-21(20)22/h1-19H. The monoisotopic (exact) mass is 458 g/mol. The van der Waals surface area contributed by atoms with Gasteiger partial charge in [0.1, 0.15) is 0 Å². The maximum absolute atomic E-state index is 3.89. The summed E-state index contributed by atoms with van der Waals surface area (Å²) in [6.45, 7) is 0. The third kappa shape index (κ3) is 2.89. The highest BCUT2D eigenvalue weighted by Crippen LogP contribution is 2.45. The molecule has 0 saturated carbocycles. The molecule has 0 bridgehead atoms. The SMILES string of the molecule is Brc1c2ccccc2c(-c2ccccc2-c2cccc3ccccc23)c2ccccc12. The number of fused-ring (bicyclic) bond motifs is 3. The van der Waals surface area contributed by atoms with Crippen molar-refractivity contribution in [3.05, 3.63) is 120 Å². The van der Waals surface area contributed by atoms with Gasteiger partial charge in [0.2, 0.25) is 0 Å². The van der Waals surface area contributed by atoms with Crippen LogP contribution in [0.3, 0.4) is 0 Å². The molecule has 0 unspecified atom stereocenters. The normalized spacial score (nSPS) is 11.4. The molecule has 0 nitrogen and oxygen atoms in total. The Morgan fingerprint density at radius 2 is 0.806 bits per heavy atom. The third-order valence-electron chi connectivity index (χ3n) is 6.14. The van der Waals surface area contributed by atoms with Crippen molar-refractivity contribution in [2.45, 2.75) is 0 Å². The van der Waals surface area contributed by atoms with Crippen LogP contribution in [0.2, 0.25) is 0 Å². The van der Waals surface area contributed by atoms with Gasteiger partial charge >= 0.3 is 0 Å². The molecule has 0 radical (unpaired) electrons. The summed E-state index contributed by atoms with van der Waals surface area (Å²) in [4.78, 5) is 0. The van der Waals surface area contributed by atoms with Crippen LogP contribution in [0.1, 0.15) is 0 Å². The van der Waals surface area contributed by atoms with Crippen LogP contribution in [0.5, 0.6) is 0 Å². The Balaban J connectivity index is 1.78. The Hall–Kier alpha value is -3.42. The molecular weight excluding hydrogens is 440 g/mol. The van der Waals surface area contributed by atoms with Gasteiger partial charge in [0.15, 0.2) is 0 Å². The second-order valence-electron chi connectivity index (χ2n) is 7.85. The molecule has 0 saturated heterocycles. The molecule has 0 fully saturated rings. The van der Waals surface area contributed by atoms with Gasteiger partial charge in [0, 0.05) is 4.47 Å². The fraction of sp³-hybridized carbons (Fsp3) is 0. The lowest BCUT2D eigenvalue weighted by Crippen LogP contribution is -1.91. The van der Waals surface area contributed by atoms with Gasteiger partial charge < -0.3 is 0 Å². The molecule has 1 heteroatoms. The molecule has 6 aromatic carbocycles. The maximum atomic E-state index is 3.89. The highest BCUT2D eigenvalue weighted by molar-refractivity contribution is 9.10. The van der Waals surface area contributed by atoms with Crippen LogP contribution in [0.15, 0.2) is 120 Å². The number of rotatable bonds is 2. The lowest BCUT2D eigenvalue weighted by Gasteiger charge is -2.18. The molecule has 0 aliphatic carbocycles. The molecule has 0 aliphatic heterocycles. The topological polar surface area (TPSA) is 0 Å². The van der Waals surface area contributed by atoms with E-state index in [4.69, 9.17) is 0 Å². The van der Waals surface area contributed by atoms with Crippen molar-refractivity contribution in [3.63, 3.8) is 0 Å². The lowest BCUT2D eigenvalue weighted by molar-refractivity contribution is 1.63. The van der Waals surface area contributed by atoms with Gasteiger partial charge in [-0.15, -0.1) is 0 Å². The van der Waals surface area contributed by atoms with Crippen molar-refractivity contribution >= 4 is 48.2 Å². The minimum atomic E-state index is 1.16. The summed E-state index contributed by atoms with van der Waals surface area (Å²) in [6.07, 6.45) is 0. The minimum Gasteiger partial charge on any atom is -0.0616 e. The van der Waals surface area contributed by atoms with Crippen molar-refractivity contribution in [2.24, 2.45) is 0 Å². The van der Waals surface area contributed by atoms with Crippen molar-refractivity contribution < 1.29 is 0 Å². The van der Waals surface area contributed by atoms with Gasteiger partial charge in [0.25, 0.3) is 0 Å². The molecule has 0 heterocycles. The largest absolute Gasteiger partial charge is 0.0616 e. The fourth-order valence-corrected chi connectivity index (χ4v) is 5.45. The Morgan fingerprint density at radius 1 is 0.355 bits per heavy atom. The Kier molecular flexibility index (Phi) is 4.36. The second-order valence-corrected chi connectivity index (χ2v) is 8.65. The highest BCUT2D eigenvalue weighted by atomic mass is 79.9. The lowest BCUT2D eigenvalue weighted by atomic mass is 9.86.